The van der Waals surface area contributed by atoms with Crippen molar-refractivity contribution in [2.75, 3.05) is 11.9 Å². The lowest BCUT2D eigenvalue weighted by Gasteiger charge is -2.33. The number of nitriles is 1. The number of ketones is 1. The van der Waals surface area contributed by atoms with Crippen molar-refractivity contribution in [2.45, 2.75) is 43.7 Å². The van der Waals surface area contributed by atoms with Crippen molar-refractivity contribution in [3.63, 3.8) is 0 Å². The average molecular weight is 549 g/mol. The van der Waals surface area contributed by atoms with Crippen LogP contribution in [0, 0.1) is 23.2 Å². The Balaban J connectivity index is 2.67. The van der Waals surface area contributed by atoms with Crippen molar-refractivity contribution >= 4 is 35.1 Å². The number of alkyl halides is 6. The van der Waals surface area contributed by atoms with E-state index in [0.29, 0.717) is 4.90 Å². The molecule has 4 amide bonds. The molecule has 1 aliphatic heterocycles. The van der Waals surface area contributed by atoms with Gasteiger partial charge >= 0.3 is 12.4 Å². The van der Waals surface area contributed by atoms with E-state index in [4.69, 9.17) is 5.73 Å². The Morgan fingerprint density at radius 3 is 2.32 bits per heavy atom. The molecule has 1 aromatic rings. The number of nitrogens with two attached hydrogens (primary N) is 1. The van der Waals surface area contributed by atoms with Crippen molar-refractivity contribution in [1.82, 2.24) is 10.6 Å². The van der Waals surface area contributed by atoms with Gasteiger partial charge in [0.2, 0.25) is 23.5 Å². The Kier molecular flexibility index (Phi) is 9.09. The molecule has 1 saturated heterocycles. The molecule has 206 valence electrons. The second-order valence-corrected chi connectivity index (χ2v) is 8.35. The first kappa shape index (κ1) is 30.1. The summed E-state index contributed by atoms with van der Waals surface area (Å²) in [6.45, 7) is 0. The molecule has 0 bridgehead atoms. The van der Waals surface area contributed by atoms with Gasteiger partial charge in [-0.3, -0.25) is 24.0 Å². The molecule has 10 nitrogen and oxygen atoms in total. The van der Waals surface area contributed by atoms with Gasteiger partial charge in [0.1, 0.15) is 18.0 Å². The van der Waals surface area contributed by atoms with E-state index in [9.17, 15) is 55.6 Å². The van der Waals surface area contributed by atoms with Crippen LogP contribution in [0.4, 0.5) is 32.0 Å². The summed E-state index contributed by atoms with van der Waals surface area (Å²) >= 11 is 0. The van der Waals surface area contributed by atoms with Crippen LogP contribution >= 0.6 is 0 Å². The van der Waals surface area contributed by atoms with Gasteiger partial charge in [0.15, 0.2) is 0 Å². The molecule has 1 aromatic carbocycles. The molecule has 38 heavy (non-hydrogen) atoms. The molecule has 0 radical (unpaired) electrons. The van der Waals surface area contributed by atoms with Crippen molar-refractivity contribution in [2.24, 2.45) is 17.6 Å². The van der Waals surface area contributed by atoms with Crippen LogP contribution in [0.2, 0.25) is 0 Å². The number of benzene rings is 1. The zero-order chi connectivity index (χ0) is 29.0. The second-order valence-electron chi connectivity index (χ2n) is 8.35. The molecule has 1 fully saturated rings. The van der Waals surface area contributed by atoms with Crippen molar-refractivity contribution < 1.29 is 50.3 Å². The van der Waals surface area contributed by atoms with Crippen LogP contribution in [-0.2, 0) is 19.2 Å². The third-order valence-corrected chi connectivity index (χ3v) is 5.71. The smallest absolute Gasteiger partial charge is 0.366 e. The predicted octanol–water partition coefficient (Wildman–Crippen LogP) is 1.35. The number of likely N-dealkylation sites (N-methyl/N-ethyl adjacent to an activating group) is 1. The molecule has 2 unspecified atom stereocenters. The molecule has 0 aromatic heterocycles. The normalized spacial score (nSPS) is 19.1. The van der Waals surface area contributed by atoms with Crippen molar-refractivity contribution in [1.29, 1.82) is 5.26 Å². The SMILES string of the molecule is CNC(=O)C(=O)C(C[C@@H]1C[C@@H](C(F)(F)F)NC1=O)N(C(=O)C(C#N)CC(F)(F)F)c1cccc(C(N)=O)c1. The largest absolute Gasteiger partial charge is 0.408 e. The Bertz CT molecular complexity index is 1160. The standard InChI is InChI=1S/C22H21F6N5O5/c1-31-19(37)16(34)14(6-11-7-15(22(26,27)28)32-18(11)36)33(13-4-2-3-10(5-13)17(30)35)20(38)12(9-29)8-21(23,24)25/h2-5,11-12,14-15H,6-8H2,1H3,(H2,30,35)(H,31,37)(H,32,36)/t11-,12?,14?,15+/m1/s1. The molecule has 4 N–H and O–H groups in total. The van der Waals surface area contributed by atoms with E-state index in [2.05, 4.69) is 0 Å². The van der Waals surface area contributed by atoms with E-state index in [-0.39, 0.29) is 5.56 Å². The summed E-state index contributed by atoms with van der Waals surface area (Å²) in [5.41, 5.74) is 4.46. The molecular formula is C22H21F6N5O5. The summed E-state index contributed by atoms with van der Waals surface area (Å²) < 4.78 is 78.8. The first-order chi connectivity index (χ1) is 17.5. The van der Waals surface area contributed by atoms with Gasteiger partial charge in [-0.2, -0.15) is 31.6 Å². The minimum atomic E-state index is -5.03. The summed E-state index contributed by atoms with van der Waals surface area (Å²) in [6.07, 6.45) is -13.7. The number of rotatable bonds is 9. The zero-order valence-corrected chi connectivity index (χ0v) is 19.5. The lowest BCUT2D eigenvalue weighted by atomic mass is 9.91. The number of carbonyl (C=O) groups excluding carboxylic acids is 5. The first-order valence-corrected chi connectivity index (χ1v) is 10.8. The van der Waals surface area contributed by atoms with Gasteiger partial charge in [-0.25, -0.2) is 0 Å². The van der Waals surface area contributed by atoms with E-state index >= 15 is 0 Å². The molecule has 0 saturated carbocycles. The minimum absolute atomic E-state index is 0.286. The lowest BCUT2D eigenvalue weighted by Crippen LogP contribution is -2.53. The van der Waals surface area contributed by atoms with Crippen molar-refractivity contribution in [3.05, 3.63) is 29.8 Å². The number of carbonyl (C=O) groups is 5. The van der Waals surface area contributed by atoms with Crippen LogP contribution in [0.3, 0.4) is 0 Å². The fourth-order valence-electron chi connectivity index (χ4n) is 3.89. The van der Waals surface area contributed by atoms with Crippen LogP contribution < -0.4 is 21.3 Å². The first-order valence-electron chi connectivity index (χ1n) is 10.8. The van der Waals surface area contributed by atoms with E-state index < -0.39 is 90.6 Å². The van der Waals surface area contributed by atoms with Crippen LogP contribution in [-0.4, -0.2) is 60.9 Å². The maximum atomic E-state index is 13.3. The van der Waals surface area contributed by atoms with Gasteiger partial charge in [0, 0.05) is 24.2 Å². The highest BCUT2D eigenvalue weighted by Gasteiger charge is 2.50. The number of nitrogens with zero attached hydrogens (tertiary/aromatic N) is 2. The summed E-state index contributed by atoms with van der Waals surface area (Å²) in [5.74, 6) is -10.8. The summed E-state index contributed by atoms with van der Waals surface area (Å²) in [5, 5.41) is 12.9. The minimum Gasteiger partial charge on any atom is -0.366 e. The molecule has 0 spiro atoms. The summed E-state index contributed by atoms with van der Waals surface area (Å²) in [4.78, 5) is 62.8. The molecule has 1 aliphatic rings. The third-order valence-electron chi connectivity index (χ3n) is 5.71. The Labute approximate surface area is 211 Å². The maximum Gasteiger partial charge on any atom is 0.408 e. The Morgan fingerprint density at radius 2 is 1.84 bits per heavy atom. The third kappa shape index (κ3) is 7.20. The van der Waals surface area contributed by atoms with Gasteiger partial charge in [-0.15, -0.1) is 0 Å². The number of halogens is 6. The molecule has 16 heteroatoms. The molecule has 1 heterocycles. The highest BCUT2D eigenvalue weighted by atomic mass is 19.4. The van der Waals surface area contributed by atoms with Crippen LogP contribution in [0.15, 0.2) is 24.3 Å². The highest BCUT2D eigenvalue weighted by Crippen LogP contribution is 2.35. The van der Waals surface area contributed by atoms with Gasteiger partial charge in [0.05, 0.1) is 12.5 Å². The second kappa shape index (κ2) is 11.5. The molecule has 2 rings (SSSR count). The summed E-state index contributed by atoms with van der Waals surface area (Å²) in [6, 6.07) is 0.948. The van der Waals surface area contributed by atoms with Gasteiger partial charge in [-0.1, -0.05) is 6.07 Å². The lowest BCUT2D eigenvalue weighted by molar-refractivity contribution is -0.155. The Hall–Kier alpha value is -4.16. The number of hydrogen-bond acceptors (Lipinski definition) is 6. The number of hydrogen-bond donors (Lipinski definition) is 3. The predicted molar refractivity (Wildman–Crippen MR) is 116 cm³/mol. The fraction of sp³-hybridized carbons (Fsp3) is 0.455. The van der Waals surface area contributed by atoms with E-state index in [1.807, 2.05) is 5.32 Å². The zero-order valence-electron chi connectivity index (χ0n) is 19.5. The van der Waals surface area contributed by atoms with Gasteiger partial charge in [0.25, 0.3) is 5.91 Å². The fourth-order valence-corrected chi connectivity index (χ4v) is 3.89. The van der Waals surface area contributed by atoms with Gasteiger partial charge < -0.3 is 21.3 Å². The molecule has 0 aliphatic carbocycles. The maximum absolute atomic E-state index is 13.3. The molecular weight excluding hydrogens is 528 g/mol. The topological polar surface area (TPSA) is 162 Å². The summed E-state index contributed by atoms with van der Waals surface area (Å²) in [7, 11) is 1.00. The van der Waals surface area contributed by atoms with E-state index in [0.717, 1.165) is 31.3 Å². The number of Topliss-reactive ketones (excluding diaryl/α,β-unsaturated/α-hetero) is 1. The average Bonchev–Trinajstić information content (AvgIpc) is 3.21. The van der Waals surface area contributed by atoms with Gasteiger partial charge in [-0.05, 0) is 31.0 Å². The van der Waals surface area contributed by atoms with Crippen molar-refractivity contribution in [3.8, 4) is 6.07 Å². The number of nitrogens with one attached hydrogen (secondary N) is 2. The van der Waals surface area contributed by atoms with E-state index in [1.54, 1.807) is 5.32 Å². The Morgan fingerprint density at radius 1 is 1.21 bits per heavy atom. The quantitative estimate of drug-likeness (QED) is 0.311. The van der Waals surface area contributed by atoms with Crippen LogP contribution in [0.1, 0.15) is 29.6 Å². The number of anilines is 1. The number of amides is 4. The van der Waals surface area contributed by atoms with Crippen LogP contribution in [0.5, 0.6) is 0 Å². The van der Waals surface area contributed by atoms with E-state index in [1.165, 1.54) is 6.07 Å². The number of primary amides is 1. The highest BCUT2D eigenvalue weighted by molar-refractivity contribution is 6.39. The van der Waals surface area contributed by atoms with Crippen LogP contribution in [0.25, 0.3) is 0 Å². The molecule has 4 atom stereocenters. The monoisotopic (exact) mass is 549 g/mol.